The van der Waals surface area contributed by atoms with Crippen molar-refractivity contribution in [3.8, 4) is 0 Å². The van der Waals surface area contributed by atoms with Crippen molar-refractivity contribution < 1.29 is 17.0 Å². The summed E-state index contributed by atoms with van der Waals surface area (Å²) in [5, 5.41) is 3.15. The summed E-state index contributed by atoms with van der Waals surface area (Å²) in [5.41, 5.74) is 0. The van der Waals surface area contributed by atoms with Crippen LogP contribution in [-0.4, -0.2) is 37.2 Å². The van der Waals surface area contributed by atoms with E-state index in [9.17, 15) is 12.6 Å². The minimum Gasteiger partial charge on any atom is -0.447 e. The van der Waals surface area contributed by atoms with Crippen LogP contribution in [0.3, 0.4) is 0 Å². The Labute approximate surface area is 115 Å². The number of hydrogen-bond acceptors (Lipinski definition) is 5. The van der Waals surface area contributed by atoms with Crippen molar-refractivity contribution in [2.45, 2.75) is 30.5 Å². The zero-order chi connectivity index (χ0) is 13.9. The SMILES string of the molecule is CS(=O)CCNS(=O)(=O)c1ccc(CNC2CC2)o1. The molecule has 1 saturated carbocycles. The molecule has 0 bridgehead atoms. The fourth-order valence-corrected chi connectivity index (χ4v) is 3.02. The molecule has 8 heteroatoms. The summed E-state index contributed by atoms with van der Waals surface area (Å²) in [5.74, 6) is 0.891. The van der Waals surface area contributed by atoms with Crippen LogP contribution in [0.5, 0.6) is 0 Å². The first-order valence-corrected chi connectivity index (χ1v) is 9.30. The Morgan fingerprint density at radius 1 is 1.42 bits per heavy atom. The standard InChI is InChI=1S/C11H18N2O4S2/c1-18(14)7-6-13-19(15,16)11-5-4-10(17-11)8-12-9-2-3-9/h4-5,9,12-13H,2-3,6-8H2,1H3. The minimum absolute atomic E-state index is 0.0954. The van der Waals surface area contributed by atoms with Gasteiger partial charge in [0.15, 0.2) is 0 Å². The molecule has 0 amide bonds. The summed E-state index contributed by atoms with van der Waals surface area (Å²) in [7, 11) is -4.66. The van der Waals surface area contributed by atoms with E-state index in [1.54, 1.807) is 6.07 Å². The van der Waals surface area contributed by atoms with E-state index in [0.29, 0.717) is 18.3 Å². The van der Waals surface area contributed by atoms with E-state index < -0.39 is 20.8 Å². The minimum atomic E-state index is -3.64. The van der Waals surface area contributed by atoms with Crippen molar-refractivity contribution in [2.24, 2.45) is 0 Å². The molecule has 1 fully saturated rings. The highest BCUT2D eigenvalue weighted by Crippen LogP contribution is 2.20. The van der Waals surface area contributed by atoms with Crippen molar-refractivity contribution in [1.82, 2.24) is 10.0 Å². The van der Waals surface area contributed by atoms with E-state index in [-0.39, 0.29) is 17.4 Å². The first-order valence-electron chi connectivity index (χ1n) is 6.09. The predicted octanol–water partition coefficient (Wildman–Crippen LogP) is 0.188. The molecule has 1 aliphatic carbocycles. The van der Waals surface area contributed by atoms with Gasteiger partial charge in [0.1, 0.15) is 5.76 Å². The van der Waals surface area contributed by atoms with Gasteiger partial charge in [-0.25, -0.2) is 13.1 Å². The van der Waals surface area contributed by atoms with Crippen molar-refractivity contribution >= 4 is 20.8 Å². The van der Waals surface area contributed by atoms with E-state index >= 15 is 0 Å². The van der Waals surface area contributed by atoms with E-state index in [4.69, 9.17) is 4.42 Å². The molecule has 108 valence electrons. The molecule has 1 aliphatic rings. The average molecular weight is 306 g/mol. The smallest absolute Gasteiger partial charge is 0.273 e. The van der Waals surface area contributed by atoms with Gasteiger partial charge in [0, 0.05) is 35.4 Å². The molecule has 6 nitrogen and oxygen atoms in total. The molecule has 1 heterocycles. The second-order valence-corrected chi connectivity index (χ2v) is 7.80. The van der Waals surface area contributed by atoms with Gasteiger partial charge < -0.3 is 9.73 Å². The van der Waals surface area contributed by atoms with Gasteiger partial charge in [0.05, 0.1) is 6.54 Å². The van der Waals surface area contributed by atoms with Gasteiger partial charge in [-0.05, 0) is 25.0 Å². The van der Waals surface area contributed by atoms with Crippen LogP contribution in [0, 0.1) is 0 Å². The Morgan fingerprint density at radius 3 is 2.79 bits per heavy atom. The van der Waals surface area contributed by atoms with Gasteiger partial charge in [-0.3, -0.25) is 4.21 Å². The van der Waals surface area contributed by atoms with Crippen LogP contribution in [0.25, 0.3) is 0 Å². The van der Waals surface area contributed by atoms with Gasteiger partial charge in [-0.15, -0.1) is 0 Å². The van der Waals surface area contributed by atoms with Crippen molar-refractivity contribution in [1.29, 1.82) is 0 Å². The molecule has 2 rings (SSSR count). The lowest BCUT2D eigenvalue weighted by Crippen LogP contribution is -2.27. The largest absolute Gasteiger partial charge is 0.447 e. The third kappa shape index (κ3) is 4.72. The summed E-state index contributed by atoms with van der Waals surface area (Å²) >= 11 is 0. The van der Waals surface area contributed by atoms with Gasteiger partial charge in [-0.1, -0.05) is 0 Å². The zero-order valence-electron chi connectivity index (χ0n) is 10.7. The summed E-state index contributed by atoms with van der Waals surface area (Å²) in [6.07, 6.45) is 3.87. The molecule has 1 aromatic heterocycles. The zero-order valence-corrected chi connectivity index (χ0v) is 12.4. The maximum atomic E-state index is 11.9. The lowest BCUT2D eigenvalue weighted by atomic mass is 10.4. The molecule has 1 atom stereocenters. The molecule has 0 aliphatic heterocycles. The third-order valence-electron chi connectivity index (χ3n) is 2.73. The van der Waals surface area contributed by atoms with Crippen LogP contribution in [-0.2, 0) is 27.4 Å². The molecule has 1 aromatic rings. The summed E-state index contributed by atoms with van der Waals surface area (Å²) < 4.78 is 42.2. The average Bonchev–Trinajstić information content (AvgIpc) is 3.02. The maximum absolute atomic E-state index is 11.9. The predicted molar refractivity (Wildman–Crippen MR) is 72.7 cm³/mol. The molecule has 0 aromatic carbocycles. The fraction of sp³-hybridized carbons (Fsp3) is 0.636. The number of hydrogen-bond donors (Lipinski definition) is 2. The first-order chi connectivity index (χ1) is 8.97. The Morgan fingerprint density at radius 2 is 2.16 bits per heavy atom. The highest BCUT2D eigenvalue weighted by molar-refractivity contribution is 7.89. The molecular weight excluding hydrogens is 288 g/mol. The topological polar surface area (TPSA) is 88.4 Å². The van der Waals surface area contributed by atoms with Crippen LogP contribution in [0.4, 0.5) is 0 Å². The normalized spacial score (nSPS) is 17.5. The summed E-state index contributed by atoms with van der Waals surface area (Å²) in [6, 6.07) is 3.64. The Bertz CT molecular complexity index is 549. The van der Waals surface area contributed by atoms with Crippen molar-refractivity contribution in [3.05, 3.63) is 17.9 Å². The van der Waals surface area contributed by atoms with Gasteiger partial charge in [0.25, 0.3) is 10.0 Å². The Balaban J connectivity index is 1.89. The van der Waals surface area contributed by atoms with Gasteiger partial charge >= 0.3 is 0 Å². The van der Waals surface area contributed by atoms with Crippen LogP contribution in [0.1, 0.15) is 18.6 Å². The third-order valence-corrected chi connectivity index (χ3v) is 4.84. The molecule has 19 heavy (non-hydrogen) atoms. The van der Waals surface area contributed by atoms with E-state index in [2.05, 4.69) is 10.0 Å². The highest BCUT2D eigenvalue weighted by Gasteiger charge is 2.22. The number of rotatable bonds is 8. The van der Waals surface area contributed by atoms with E-state index in [0.717, 1.165) is 0 Å². The lowest BCUT2D eigenvalue weighted by molar-refractivity contribution is 0.399. The quantitative estimate of drug-likeness (QED) is 0.716. The van der Waals surface area contributed by atoms with Crippen LogP contribution in [0.15, 0.2) is 21.6 Å². The monoisotopic (exact) mass is 306 g/mol. The van der Waals surface area contributed by atoms with Gasteiger partial charge in [0.2, 0.25) is 5.09 Å². The number of furan rings is 1. The summed E-state index contributed by atoms with van der Waals surface area (Å²) in [4.78, 5) is 0. The first kappa shape index (κ1) is 14.7. The number of nitrogens with one attached hydrogen (secondary N) is 2. The maximum Gasteiger partial charge on any atom is 0.273 e. The van der Waals surface area contributed by atoms with Crippen molar-refractivity contribution in [3.63, 3.8) is 0 Å². The molecule has 0 saturated heterocycles. The van der Waals surface area contributed by atoms with Gasteiger partial charge in [-0.2, -0.15) is 0 Å². The fourth-order valence-electron chi connectivity index (χ4n) is 1.52. The van der Waals surface area contributed by atoms with Crippen LogP contribution >= 0.6 is 0 Å². The molecule has 1 unspecified atom stereocenters. The Kier molecular flexibility index (Phi) is 4.77. The van der Waals surface area contributed by atoms with E-state index in [1.807, 2.05) is 0 Å². The van der Waals surface area contributed by atoms with Crippen molar-refractivity contribution in [2.75, 3.05) is 18.6 Å². The number of sulfonamides is 1. The second kappa shape index (κ2) is 6.17. The van der Waals surface area contributed by atoms with Crippen LogP contribution < -0.4 is 10.0 Å². The molecular formula is C11H18N2O4S2. The van der Waals surface area contributed by atoms with E-state index in [1.165, 1.54) is 25.2 Å². The lowest BCUT2D eigenvalue weighted by Gasteiger charge is -2.03. The summed E-state index contributed by atoms with van der Waals surface area (Å²) in [6.45, 7) is 0.682. The Hall–Kier alpha value is -0.700. The highest BCUT2D eigenvalue weighted by atomic mass is 32.2. The molecule has 2 N–H and O–H groups in total. The van der Waals surface area contributed by atoms with Crippen LogP contribution in [0.2, 0.25) is 0 Å². The molecule has 0 radical (unpaired) electrons. The second-order valence-electron chi connectivity index (χ2n) is 4.55. The molecule has 0 spiro atoms.